The van der Waals surface area contributed by atoms with Gasteiger partial charge < -0.3 is 5.32 Å². The first kappa shape index (κ1) is 14.8. The Morgan fingerprint density at radius 2 is 1.86 bits per heavy atom. The fourth-order valence-corrected chi connectivity index (χ4v) is 4.30. The van der Waals surface area contributed by atoms with Crippen LogP contribution in [-0.2, 0) is 27.5 Å². The molecule has 1 aliphatic heterocycles. The minimum atomic E-state index is -3.14. The number of sulfone groups is 1. The zero-order valence-corrected chi connectivity index (χ0v) is 12.9. The maximum atomic E-state index is 12.0. The van der Waals surface area contributed by atoms with Gasteiger partial charge in [0.1, 0.15) is 0 Å². The highest BCUT2D eigenvalue weighted by atomic mass is 32.2. The van der Waals surface area contributed by atoms with Crippen molar-refractivity contribution in [2.75, 3.05) is 11.1 Å². The Bertz CT molecular complexity index is 798. The summed E-state index contributed by atoms with van der Waals surface area (Å²) in [6.45, 7) is 0. The second-order valence-corrected chi connectivity index (χ2v) is 7.53. The van der Waals surface area contributed by atoms with Crippen LogP contribution >= 0.6 is 0 Å². The van der Waals surface area contributed by atoms with Crippen molar-refractivity contribution in [3.05, 3.63) is 59.7 Å². The van der Waals surface area contributed by atoms with Crippen LogP contribution in [0.2, 0.25) is 0 Å². The van der Waals surface area contributed by atoms with Gasteiger partial charge in [0.05, 0.1) is 17.1 Å². The molecule has 0 atom stereocenters. The molecule has 0 unspecified atom stereocenters. The second-order valence-electron chi connectivity index (χ2n) is 5.46. The maximum Gasteiger partial charge on any atom is 0.228 e. The van der Waals surface area contributed by atoms with Gasteiger partial charge in [-0.1, -0.05) is 30.3 Å². The lowest BCUT2D eigenvalue weighted by Gasteiger charge is -2.17. The molecule has 1 aliphatic rings. The minimum Gasteiger partial charge on any atom is -0.326 e. The topological polar surface area (TPSA) is 63.2 Å². The molecule has 5 heteroatoms. The largest absolute Gasteiger partial charge is 0.326 e. The quantitative estimate of drug-likeness (QED) is 0.947. The van der Waals surface area contributed by atoms with Gasteiger partial charge in [0.25, 0.3) is 0 Å². The average Bonchev–Trinajstić information content (AvgIpc) is 2.47. The van der Waals surface area contributed by atoms with Crippen LogP contribution in [0, 0.1) is 0 Å². The number of rotatable bonds is 3. The van der Waals surface area contributed by atoms with E-state index in [-0.39, 0.29) is 18.1 Å². The molecule has 0 aromatic heterocycles. The molecule has 0 aliphatic carbocycles. The predicted octanol–water partition coefficient (Wildman–Crippen LogP) is 2.59. The first-order valence-electron chi connectivity index (χ1n) is 7.24. The lowest BCUT2D eigenvalue weighted by Crippen LogP contribution is -2.18. The molecule has 0 saturated carbocycles. The SMILES string of the molecule is O=C(Cc1ccc2c(c1)CCCS2(=O)=O)Nc1ccccc1. The summed E-state index contributed by atoms with van der Waals surface area (Å²) in [5, 5.41) is 2.83. The fraction of sp³-hybridized carbons (Fsp3) is 0.235. The van der Waals surface area contributed by atoms with E-state index in [1.54, 1.807) is 12.1 Å². The summed E-state index contributed by atoms with van der Waals surface area (Å²) in [5.74, 6) is 0.109. The van der Waals surface area contributed by atoms with Gasteiger partial charge in [-0.2, -0.15) is 0 Å². The number of carbonyl (C=O) groups is 1. The molecule has 3 rings (SSSR count). The van der Waals surface area contributed by atoms with Crippen molar-refractivity contribution in [3.63, 3.8) is 0 Å². The Balaban J connectivity index is 1.75. The molecular weight excluding hydrogens is 298 g/mol. The standard InChI is InChI=1S/C17H17NO3S/c19-17(18-15-6-2-1-3-7-15)12-13-8-9-16-14(11-13)5-4-10-22(16,20)21/h1-3,6-9,11H,4-5,10,12H2,(H,18,19). The molecule has 1 heterocycles. The van der Waals surface area contributed by atoms with Crippen molar-refractivity contribution in [1.82, 2.24) is 0 Å². The van der Waals surface area contributed by atoms with Gasteiger partial charge in [-0.3, -0.25) is 4.79 Å². The second kappa shape index (κ2) is 5.93. The summed E-state index contributed by atoms with van der Waals surface area (Å²) < 4.78 is 23.9. The molecular formula is C17H17NO3S. The van der Waals surface area contributed by atoms with Gasteiger partial charge >= 0.3 is 0 Å². The monoisotopic (exact) mass is 315 g/mol. The van der Waals surface area contributed by atoms with Crippen molar-refractivity contribution in [2.24, 2.45) is 0 Å². The summed E-state index contributed by atoms with van der Waals surface area (Å²) >= 11 is 0. The van der Waals surface area contributed by atoms with Crippen LogP contribution in [0.15, 0.2) is 53.4 Å². The van der Waals surface area contributed by atoms with Crippen molar-refractivity contribution in [3.8, 4) is 0 Å². The van der Waals surface area contributed by atoms with Crippen LogP contribution in [0.5, 0.6) is 0 Å². The van der Waals surface area contributed by atoms with Crippen LogP contribution in [0.1, 0.15) is 17.5 Å². The van der Waals surface area contributed by atoms with E-state index in [1.807, 2.05) is 36.4 Å². The molecule has 1 amide bonds. The van der Waals surface area contributed by atoms with Crippen LogP contribution in [-0.4, -0.2) is 20.1 Å². The average molecular weight is 315 g/mol. The van der Waals surface area contributed by atoms with E-state index in [9.17, 15) is 13.2 Å². The maximum absolute atomic E-state index is 12.0. The minimum absolute atomic E-state index is 0.107. The molecule has 22 heavy (non-hydrogen) atoms. The number of hydrogen-bond acceptors (Lipinski definition) is 3. The number of anilines is 1. The normalized spacial score (nSPS) is 15.8. The Hall–Kier alpha value is -2.14. The van der Waals surface area contributed by atoms with Gasteiger partial charge in [-0.05, 0) is 42.2 Å². The highest BCUT2D eigenvalue weighted by Gasteiger charge is 2.23. The predicted molar refractivity (Wildman–Crippen MR) is 85.6 cm³/mol. The Morgan fingerprint density at radius 1 is 1.09 bits per heavy atom. The molecule has 0 saturated heterocycles. The summed E-state index contributed by atoms with van der Waals surface area (Å²) in [4.78, 5) is 12.5. The van der Waals surface area contributed by atoms with Crippen molar-refractivity contribution < 1.29 is 13.2 Å². The Morgan fingerprint density at radius 3 is 2.64 bits per heavy atom. The van der Waals surface area contributed by atoms with E-state index >= 15 is 0 Å². The van der Waals surface area contributed by atoms with E-state index in [2.05, 4.69) is 5.32 Å². The van der Waals surface area contributed by atoms with E-state index < -0.39 is 9.84 Å². The number of amides is 1. The molecule has 114 valence electrons. The number of para-hydroxylation sites is 1. The van der Waals surface area contributed by atoms with Crippen molar-refractivity contribution >= 4 is 21.4 Å². The molecule has 0 spiro atoms. The number of aryl methyl sites for hydroxylation is 1. The zero-order valence-electron chi connectivity index (χ0n) is 12.1. The van der Waals surface area contributed by atoms with Gasteiger partial charge in [0.15, 0.2) is 9.84 Å². The Kier molecular flexibility index (Phi) is 3.98. The van der Waals surface area contributed by atoms with Crippen LogP contribution in [0.3, 0.4) is 0 Å². The van der Waals surface area contributed by atoms with Crippen LogP contribution < -0.4 is 5.32 Å². The first-order valence-corrected chi connectivity index (χ1v) is 8.89. The molecule has 0 bridgehead atoms. The highest BCUT2D eigenvalue weighted by Crippen LogP contribution is 2.26. The number of hydrogen-bond donors (Lipinski definition) is 1. The molecule has 2 aromatic rings. The third-order valence-electron chi connectivity index (χ3n) is 3.74. The lowest BCUT2D eigenvalue weighted by molar-refractivity contribution is -0.115. The summed E-state index contributed by atoms with van der Waals surface area (Å²) in [6.07, 6.45) is 1.64. The molecule has 0 fully saturated rings. The summed E-state index contributed by atoms with van der Waals surface area (Å²) in [7, 11) is -3.14. The number of fused-ring (bicyclic) bond motifs is 1. The van der Waals surface area contributed by atoms with E-state index in [0.717, 1.165) is 23.2 Å². The molecule has 4 nitrogen and oxygen atoms in total. The summed E-state index contributed by atoms with van der Waals surface area (Å²) in [6, 6.07) is 14.5. The summed E-state index contributed by atoms with van der Waals surface area (Å²) in [5.41, 5.74) is 2.42. The Labute approximate surface area is 130 Å². The lowest BCUT2D eigenvalue weighted by atomic mass is 10.0. The smallest absolute Gasteiger partial charge is 0.228 e. The molecule has 2 aromatic carbocycles. The molecule has 1 N–H and O–H groups in total. The fourth-order valence-electron chi connectivity index (χ4n) is 2.72. The third kappa shape index (κ3) is 3.20. The number of benzene rings is 2. The molecule has 0 radical (unpaired) electrons. The van der Waals surface area contributed by atoms with Gasteiger partial charge in [-0.15, -0.1) is 0 Å². The third-order valence-corrected chi connectivity index (χ3v) is 5.64. The van der Waals surface area contributed by atoms with Gasteiger partial charge in [-0.25, -0.2) is 8.42 Å². The van der Waals surface area contributed by atoms with Crippen molar-refractivity contribution in [1.29, 1.82) is 0 Å². The van der Waals surface area contributed by atoms with Gasteiger partial charge in [0.2, 0.25) is 5.91 Å². The van der Waals surface area contributed by atoms with Crippen LogP contribution in [0.25, 0.3) is 0 Å². The van der Waals surface area contributed by atoms with Crippen LogP contribution in [0.4, 0.5) is 5.69 Å². The highest BCUT2D eigenvalue weighted by molar-refractivity contribution is 7.91. The van der Waals surface area contributed by atoms with E-state index in [0.29, 0.717) is 11.3 Å². The van der Waals surface area contributed by atoms with Crippen molar-refractivity contribution in [2.45, 2.75) is 24.2 Å². The number of carbonyl (C=O) groups excluding carboxylic acids is 1. The van der Waals surface area contributed by atoms with Gasteiger partial charge in [0, 0.05) is 5.69 Å². The van der Waals surface area contributed by atoms with E-state index in [1.165, 1.54) is 0 Å². The number of nitrogens with one attached hydrogen (secondary N) is 1. The zero-order chi connectivity index (χ0) is 15.6. The van der Waals surface area contributed by atoms with E-state index in [4.69, 9.17) is 0 Å². The first-order chi connectivity index (χ1) is 10.5.